The van der Waals surface area contributed by atoms with Crippen molar-refractivity contribution < 1.29 is 24.6 Å². The van der Waals surface area contributed by atoms with E-state index < -0.39 is 24.4 Å². The summed E-state index contributed by atoms with van der Waals surface area (Å²) in [4.78, 5) is 32.4. The van der Waals surface area contributed by atoms with E-state index in [1.54, 1.807) is 0 Å². The molecule has 0 radical (unpaired) electrons. The molecule has 0 aromatic rings. The molecule has 6 nitrogen and oxygen atoms in total. The predicted octanol–water partition coefficient (Wildman–Crippen LogP) is 0.221. The molecule has 0 bridgehead atoms. The molecule has 0 aromatic carbocycles. The van der Waals surface area contributed by atoms with E-state index in [1.165, 1.54) is 0 Å². The number of hydrogen-bond acceptors (Lipinski definition) is 3. The van der Waals surface area contributed by atoms with Crippen LogP contribution in [0.15, 0.2) is 0 Å². The summed E-state index contributed by atoms with van der Waals surface area (Å²) in [5.41, 5.74) is 0. The molecule has 1 aliphatic rings. The molecule has 1 atom stereocenters. The first-order valence-corrected chi connectivity index (χ1v) is 5.23. The number of carbonyl (C=O) groups is 3. The summed E-state index contributed by atoms with van der Waals surface area (Å²) < 4.78 is 0. The first-order chi connectivity index (χ1) is 7.49. The third-order valence-electron chi connectivity index (χ3n) is 2.71. The lowest BCUT2D eigenvalue weighted by atomic mass is 9.83. The maximum absolute atomic E-state index is 11.4. The molecule has 0 saturated heterocycles. The van der Waals surface area contributed by atoms with Crippen LogP contribution in [-0.2, 0) is 14.4 Å². The van der Waals surface area contributed by atoms with Crippen molar-refractivity contribution in [1.82, 2.24) is 5.32 Å². The Morgan fingerprint density at radius 1 is 1.25 bits per heavy atom. The molecular weight excluding hydrogens is 214 g/mol. The van der Waals surface area contributed by atoms with Gasteiger partial charge in [0, 0.05) is 6.42 Å². The summed E-state index contributed by atoms with van der Waals surface area (Å²) >= 11 is 0. The van der Waals surface area contributed by atoms with Crippen LogP contribution >= 0.6 is 0 Å². The molecule has 1 amide bonds. The standard InChI is InChI=1S/C10H15NO5/c12-8(4-6-2-1-3-6)11-7(10(15)16)5-9(13)14/h6-7H,1-5H2,(H,11,12)(H,13,14)(H,15,16)/t7-/m1/s1. The second-order valence-corrected chi connectivity index (χ2v) is 4.06. The quantitative estimate of drug-likeness (QED) is 0.604. The minimum absolute atomic E-state index is 0.295. The van der Waals surface area contributed by atoms with E-state index >= 15 is 0 Å². The van der Waals surface area contributed by atoms with Crippen LogP contribution in [0, 0.1) is 5.92 Å². The van der Waals surface area contributed by atoms with Crippen LogP contribution in [0.1, 0.15) is 32.1 Å². The summed E-state index contributed by atoms with van der Waals surface area (Å²) in [7, 11) is 0. The number of nitrogens with one attached hydrogen (secondary N) is 1. The highest BCUT2D eigenvalue weighted by Gasteiger charge is 2.26. The minimum atomic E-state index is -1.33. The fourth-order valence-corrected chi connectivity index (χ4v) is 1.59. The molecule has 1 aliphatic carbocycles. The summed E-state index contributed by atoms with van der Waals surface area (Å²) in [6, 6.07) is -1.33. The van der Waals surface area contributed by atoms with Crippen molar-refractivity contribution in [2.24, 2.45) is 5.92 Å². The van der Waals surface area contributed by atoms with Crippen molar-refractivity contribution in [3.8, 4) is 0 Å². The van der Waals surface area contributed by atoms with E-state index in [4.69, 9.17) is 10.2 Å². The van der Waals surface area contributed by atoms with Gasteiger partial charge in [-0.05, 0) is 18.8 Å². The Labute approximate surface area is 92.6 Å². The number of hydrogen-bond donors (Lipinski definition) is 3. The van der Waals surface area contributed by atoms with Gasteiger partial charge in [-0.3, -0.25) is 9.59 Å². The third-order valence-corrected chi connectivity index (χ3v) is 2.71. The number of carboxylic acid groups (broad SMARTS) is 2. The van der Waals surface area contributed by atoms with Gasteiger partial charge in [0.25, 0.3) is 0 Å². The Hall–Kier alpha value is -1.59. The zero-order chi connectivity index (χ0) is 12.1. The van der Waals surface area contributed by atoms with Crippen molar-refractivity contribution in [1.29, 1.82) is 0 Å². The molecule has 1 saturated carbocycles. The lowest BCUT2D eigenvalue weighted by Crippen LogP contribution is -2.43. The highest BCUT2D eigenvalue weighted by atomic mass is 16.4. The van der Waals surface area contributed by atoms with E-state index in [2.05, 4.69) is 5.32 Å². The first-order valence-electron chi connectivity index (χ1n) is 5.23. The van der Waals surface area contributed by atoms with Gasteiger partial charge in [-0.2, -0.15) is 0 Å². The zero-order valence-electron chi connectivity index (χ0n) is 8.81. The van der Waals surface area contributed by atoms with Crippen LogP contribution in [-0.4, -0.2) is 34.1 Å². The van der Waals surface area contributed by atoms with Gasteiger partial charge in [0.05, 0.1) is 6.42 Å². The van der Waals surface area contributed by atoms with Gasteiger partial charge < -0.3 is 15.5 Å². The molecule has 0 aromatic heterocycles. The number of carbonyl (C=O) groups excluding carboxylic acids is 1. The summed E-state index contributed by atoms with van der Waals surface area (Å²) in [5.74, 6) is -2.60. The number of carboxylic acids is 2. The Balaban J connectivity index is 2.37. The van der Waals surface area contributed by atoms with Crippen molar-refractivity contribution in [2.75, 3.05) is 0 Å². The smallest absolute Gasteiger partial charge is 0.326 e. The van der Waals surface area contributed by atoms with Crippen LogP contribution in [0.25, 0.3) is 0 Å². The second-order valence-electron chi connectivity index (χ2n) is 4.06. The predicted molar refractivity (Wildman–Crippen MR) is 53.8 cm³/mol. The maximum atomic E-state index is 11.4. The average Bonchev–Trinajstić information content (AvgIpc) is 2.09. The van der Waals surface area contributed by atoms with Gasteiger partial charge >= 0.3 is 11.9 Å². The van der Waals surface area contributed by atoms with Crippen LogP contribution in [0.3, 0.4) is 0 Å². The SMILES string of the molecule is O=C(O)C[C@@H](NC(=O)CC1CCC1)C(=O)O. The van der Waals surface area contributed by atoms with Gasteiger partial charge in [0.1, 0.15) is 6.04 Å². The normalized spacial score (nSPS) is 17.2. The molecule has 16 heavy (non-hydrogen) atoms. The topological polar surface area (TPSA) is 104 Å². The molecule has 0 aliphatic heterocycles. The Morgan fingerprint density at radius 3 is 2.25 bits per heavy atom. The Kier molecular flexibility index (Phi) is 4.28. The van der Waals surface area contributed by atoms with Gasteiger partial charge in [0.2, 0.25) is 5.91 Å². The van der Waals surface area contributed by atoms with Gasteiger partial charge in [-0.25, -0.2) is 4.79 Å². The Bertz CT molecular complexity index is 298. The zero-order valence-corrected chi connectivity index (χ0v) is 8.81. The highest BCUT2D eigenvalue weighted by Crippen LogP contribution is 2.29. The number of amides is 1. The van der Waals surface area contributed by atoms with Crippen LogP contribution < -0.4 is 5.32 Å². The highest BCUT2D eigenvalue weighted by molar-refractivity contribution is 5.86. The van der Waals surface area contributed by atoms with Crippen LogP contribution in [0.5, 0.6) is 0 Å². The molecule has 0 heterocycles. The average molecular weight is 229 g/mol. The van der Waals surface area contributed by atoms with E-state index in [1.807, 2.05) is 0 Å². The van der Waals surface area contributed by atoms with E-state index in [0.717, 1.165) is 19.3 Å². The lowest BCUT2D eigenvalue weighted by molar-refractivity contribution is -0.147. The minimum Gasteiger partial charge on any atom is -0.481 e. The summed E-state index contributed by atoms with van der Waals surface area (Å²) in [6.45, 7) is 0. The molecule has 1 fully saturated rings. The summed E-state index contributed by atoms with van der Waals surface area (Å²) in [5, 5.41) is 19.4. The maximum Gasteiger partial charge on any atom is 0.326 e. The molecule has 6 heteroatoms. The van der Waals surface area contributed by atoms with Crippen molar-refractivity contribution in [3.05, 3.63) is 0 Å². The van der Waals surface area contributed by atoms with Crippen molar-refractivity contribution in [2.45, 2.75) is 38.1 Å². The van der Waals surface area contributed by atoms with Crippen LogP contribution in [0.2, 0.25) is 0 Å². The second kappa shape index (κ2) is 5.48. The van der Waals surface area contributed by atoms with E-state index in [9.17, 15) is 14.4 Å². The van der Waals surface area contributed by atoms with Gasteiger partial charge in [0.15, 0.2) is 0 Å². The van der Waals surface area contributed by atoms with Gasteiger partial charge in [-0.1, -0.05) is 6.42 Å². The third kappa shape index (κ3) is 3.88. The molecule has 0 unspecified atom stereocenters. The van der Waals surface area contributed by atoms with E-state index in [0.29, 0.717) is 12.3 Å². The van der Waals surface area contributed by atoms with Crippen LogP contribution in [0.4, 0.5) is 0 Å². The fraction of sp³-hybridized carbons (Fsp3) is 0.700. The largest absolute Gasteiger partial charge is 0.481 e. The fourth-order valence-electron chi connectivity index (χ4n) is 1.59. The monoisotopic (exact) mass is 229 g/mol. The van der Waals surface area contributed by atoms with Gasteiger partial charge in [-0.15, -0.1) is 0 Å². The number of rotatable bonds is 6. The molecule has 90 valence electrons. The molecule has 1 rings (SSSR count). The molecule has 0 spiro atoms. The van der Waals surface area contributed by atoms with Crippen molar-refractivity contribution >= 4 is 17.8 Å². The first kappa shape index (κ1) is 12.5. The number of aliphatic carboxylic acids is 2. The summed E-state index contributed by atoms with van der Waals surface area (Å²) in [6.07, 6.45) is 2.79. The lowest BCUT2D eigenvalue weighted by Gasteiger charge is -2.25. The molecule has 3 N–H and O–H groups in total. The van der Waals surface area contributed by atoms with E-state index in [-0.39, 0.29) is 5.91 Å². The molecular formula is C10H15NO5. The Morgan fingerprint density at radius 2 is 1.88 bits per heavy atom. The van der Waals surface area contributed by atoms with Crippen molar-refractivity contribution in [3.63, 3.8) is 0 Å².